The molecule has 3 nitrogen and oxygen atoms in total. The molecule has 0 spiro atoms. The van der Waals surface area contributed by atoms with E-state index in [1.54, 1.807) is 25.1 Å². The highest BCUT2D eigenvalue weighted by Crippen LogP contribution is 2.18. The van der Waals surface area contributed by atoms with Crippen molar-refractivity contribution >= 4 is 10.1 Å². The maximum absolute atomic E-state index is 12.2. The monoisotopic (exact) mass is 382 g/mol. The third kappa shape index (κ3) is 10.3. The second-order valence-electron chi connectivity index (χ2n) is 7.76. The second kappa shape index (κ2) is 13.3. The SMILES string of the molecule is Cc1ccccc1S(=O)(=O)OCCCCCCCCCCCCC(C)C. The average Bonchev–Trinajstić information content (AvgIpc) is 2.59. The van der Waals surface area contributed by atoms with Crippen LogP contribution in [-0.2, 0) is 14.3 Å². The molecule has 0 aromatic heterocycles. The first-order chi connectivity index (χ1) is 12.4. The summed E-state index contributed by atoms with van der Waals surface area (Å²) in [5, 5.41) is 0. The second-order valence-corrected chi connectivity index (χ2v) is 9.34. The van der Waals surface area contributed by atoms with Gasteiger partial charge in [0, 0.05) is 0 Å². The molecule has 0 aliphatic carbocycles. The standard InChI is InChI=1S/C22H38O3S/c1-20(2)16-12-10-8-6-4-5-7-9-11-15-19-25-26(23,24)22-18-14-13-17-21(22)3/h13-14,17-18,20H,4-12,15-16,19H2,1-3H3. The molecule has 0 radical (unpaired) electrons. The summed E-state index contributed by atoms with van der Waals surface area (Å²) < 4.78 is 29.5. The summed E-state index contributed by atoms with van der Waals surface area (Å²) in [6, 6.07) is 6.96. The number of benzene rings is 1. The molecule has 150 valence electrons. The van der Waals surface area contributed by atoms with Crippen molar-refractivity contribution in [2.45, 2.75) is 96.3 Å². The number of hydrogen-bond acceptors (Lipinski definition) is 3. The van der Waals surface area contributed by atoms with Gasteiger partial charge in [-0.05, 0) is 30.9 Å². The summed E-state index contributed by atoms with van der Waals surface area (Å²) in [7, 11) is -3.61. The van der Waals surface area contributed by atoms with Gasteiger partial charge in [-0.3, -0.25) is 4.18 Å². The number of unbranched alkanes of at least 4 members (excludes halogenated alkanes) is 9. The first kappa shape index (κ1) is 23.2. The van der Waals surface area contributed by atoms with Gasteiger partial charge in [0.15, 0.2) is 0 Å². The maximum atomic E-state index is 12.2. The fraction of sp³-hybridized carbons (Fsp3) is 0.727. The fourth-order valence-electron chi connectivity index (χ4n) is 3.14. The average molecular weight is 383 g/mol. The zero-order valence-corrected chi connectivity index (χ0v) is 17.8. The van der Waals surface area contributed by atoms with E-state index in [1.807, 2.05) is 6.07 Å². The van der Waals surface area contributed by atoms with E-state index in [1.165, 1.54) is 57.8 Å². The molecule has 0 unspecified atom stereocenters. The Labute approximate surface area is 161 Å². The summed E-state index contributed by atoms with van der Waals surface area (Å²) >= 11 is 0. The lowest BCUT2D eigenvalue weighted by Crippen LogP contribution is -2.09. The zero-order valence-electron chi connectivity index (χ0n) is 17.0. The van der Waals surface area contributed by atoms with E-state index in [-0.39, 0.29) is 11.5 Å². The minimum atomic E-state index is -3.61. The van der Waals surface area contributed by atoms with Crippen molar-refractivity contribution in [1.82, 2.24) is 0 Å². The van der Waals surface area contributed by atoms with Crippen LogP contribution in [0.1, 0.15) is 90.0 Å². The molecule has 0 atom stereocenters. The zero-order chi connectivity index (χ0) is 19.3. The van der Waals surface area contributed by atoms with Crippen molar-refractivity contribution in [2.75, 3.05) is 6.61 Å². The van der Waals surface area contributed by atoms with Gasteiger partial charge in [0.1, 0.15) is 0 Å². The third-order valence-electron chi connectivity index (χ3n) is 4.78. The Bertz CT molecular complexity index is 579. The molecule has 0 aliphatic heterocycles. The van der Waals surface area contributed by atoms with Crippen LogP contribution in [0.3, 0.4) is 0 Å². The smallest absolute Gasteiger partial charge is 0.266 e. The lowest BCUT2D eigenvalue weighted by Gasteiger charge is -2.08. The van der Waals surface area contributed by atoms with E-state index in [2.05, 4.69) is 13.8 Å². The molecule has 0 fully saturated rings. The summed E-state index contributed by atoms with van der Waals surface area (Å²) in [5.74, 6) is 0.839. The minimum absolute atomic E-state index is 0.284. The number of rotatable bonds is 15. The largest absolute Gasteiger partial charge is 0.297 e. The van der Waals surface area contributed by atoms with Gasteiger partial charge < -0.3 is 0 Å². The molecular weight excluding hydrogens is 344 g/mol. The van der Waals surface area contributed by atoms with Crippen LogP contribution >= 0.6 is 0 Å². The minimum Gasteiger partial charge on any atom is -0.266 e. The Morgan fingerprint density at radius 1 is 0.808 bits per heavy atom. The number of aryl methyl sites for hydroxylation is 1. The quantitative estimate of drug-likeness (QED) is 0.252. The fourth-order valence-corrected chi connectivity index (χ4v) is 4.31. The Kier molecular flexibility index (Phi) is 11.9. The van der Waals surface area contributed by atoms with Crippen LogP contribution < -0.4 is 0 Å². The molecule has 4 heteroatoms. The molecule has 1 rings (SSSR count). The highest BCUT2D eigenvalue weighted by molar-refractivity contribution is 7.86. The van der Waals surface area contributed by atoms with Gasteiger partial charge in [-0.1, -0.05) is 96.3 Å². The van der Waals surface area contributed by atoms with Crippen molar-refractivity contribution in [3.05, 3.63) is 29.8 Å². The van der Waals surface area contributed by atoms with Gasteiger partial charge in [-0.25, -0.2) is 0 Å². The van der Waals surface area contributed by atoms with Gasteiger partial charge in [0.25, 0.3) is 10.1 Å². The van der Waals surface area contributed by atoms with E-state index in [4.69, 9.17) is 4.18 Å². The van der Waals surface area contributed by atoms with Crippen molar-refractivity contribution in [3.63, 3.8) is 0 Å². The highest BCUT2D eigenvalue weighted by Gasteiger charge is 2.16. The van der Waals surface area contributed by atoms with Crippen LogP contribution in [0.25, 0.3) is 0 Å². The molecule has 0 saturated carbocycles. The van der Waals surface area contributed by atoms with Crippen molar-refractivity contribution in [1.29, 1.82) is 0 Å². The Hall–Kier alpha value is -0.870. The molecule has 0 heterocycles. The van der Waals surface area contributed by atoms with Gasteiger partial charge in [-0.15, -0.1) is 0 Å². The molecule has 1 aromatic carbocycles. The van der Waals surface area contributed by atoms with Crippen molar-refractivity contribution < 1.29 is 12.6 Å². The lowest BCUT2D eigenvalue weighted by molar-refractivity contribution is 0.306. The van der Waals surface area contributed by atoms with Crippen LogP contribution in [0.15, 0.2) is 29.2 Å². The Morgan fingerprint density at radius 2 is 1.31 bits per heavy atom. The van der Waals surface area contributed by atoms with Crippen LogP contribution in [0.2, 0.25) is 0 Å². The summed E-state index contributed by atoms with van der Waals surface area (Å²) in [6.45, 7) is 6.67. The predicted molar refractivity (Wildman–Crippen MR) is 110 cm³/mol. The molecule has 26 heavy (non-hydrogen) atoms. The lowest BCUT2D eigenvalue weighted by atomic mass is 10.0. The molecular formula is C22H38O3S. The summed E-state index contributed by atoms with van der Waals surface area (Å²) in [4.78, 5) is 0.286. The normalized spacial score (nSPS) is 12.0. The van der Waals surface area contributed by atoms with Crippen LogP contribution in [0.4, 0.5) is 0 Å². The maximum Gasteiger partial charge on any atom is 0.297 e. The molecule has 0 aliphatic rings. The van der Waals surface area contributed by atoms with Gasteiger partial charge >= 0.3 is 0 Å². The Balaban J connectivity index is 1.97. The summed E-state index contributed by atoms with van der Waals surface area (Å²) in [6.07, 6.45) is 13.7. The van der Waals surface area contributed by atoms with E-state index < -0.39 is 10.1 Å². The van der Waals surface area contributed by atoms with Crippen molar-refractivity contribution in [2.24, 2.45) is 5.92 Å². The third-order valence-corrected chi connectivity index (χ3v) is 6.25. The van der Waals surface area contributed by atoms with Crippen molar-refractivity contribution in [3.8, 4) is 0 Å². The Morgan fingerprint density at radius 3 is 1.85 bits per heavy atom. The van der Waals surface area contributed by atoms with E-state index in [0.29, 0.717) is 0 Å². The molecule has 1 aromatic rings. The van der Waals surface area contributed by atoms with Crippen LogP contribution in [-0.4, -0.2) is 15.0 Å². The predicted octanol–water partition coefficient (Wildman–Crippen LogP) is 6.65. The number of hydrogen-bond donors (Lipinski definition) is 0. The molecule has 0 N–H and O–H groups in total. The first-order valence-electron chi connectivity index (χ1n) is 10.4. The van der Waals surface area contributed by atoms with Gasteiger partial charge in [-0.2, -0.15) is 8.42 Å². The van der Waals surface area contributed by atoms with Gasteiger partial charge in [0.05, 0.1) is 11.5 Å². The van der Waals surface area contributed by atoms with E-state index >= 15 is 0 Å². The van der Waals surface area contributed by atoms with Gasteiger partial charge in [0.2, 0.25) is 0 Å². The van der Waals surface area contributed by atoms with Crippen LogP contribution in [0.5, 0.6) is 0 Å². The summed E-state index contributed by atoms with van der Waals surface area (Å²) in [5.41, 5.74) is 0.733. The highest BCUT2D eigenvalue weighted by atomic mass is 32.2. The first-order valence-corrected chi connectivity index (χ1v) is 11.8. The van der Waals surface area contributed by atoms with E-state index in [9.17, 15) is 8.42 Å². The van der Waals surface area contributed by atoms with Crippen LogP contribution in [0, 0.1) is 12.8 Å². The van der Waals surface area contributed by atoms with E-state index in [0.717, 1.165) is 24.3 Å². The topological polar surface area (TPSA) is 43.4 Å². The molecule has 0 bridgehead atoms. The molecule has 0 amide bonds. The molecule has 0 saturated heterocycles.